The molecule has 1 saturated heterocycles. The Kier molecular flexibility index (Phi) is 2.06. The van der Waals surface area contributed by atoms with Gasteiger partial charge in [-0.05, 0) is 39.3 Å². The Morgan fingerprint density at radius 1 is 1.33 bits per heavy atom. The predicted octanol–water partition coefficient (Wildman–Crippen LogP) is 1.49. The van der Waals surface area contributed by atoms with Crippen LogP contribution in [0, 0.1) is 0 Å². The summed E-state index contributed by atoms with van der Waals surface area (Å²) in [5.74, 6) is 0. The van der Waals surface area contributed by atoms with Crippen LogP contribution < -0.4 is 5.32 Å². The lowest BCUT2D eigenvalue weighted by Gasteiger charge is -2.15. The molecule has 0 aromatic carbocycles. The van der Waals surface area contributed by atoms with Crippen molar-refractivity contribution in [3.05, 3.63) is 0 Å². The summed E-state index contributed by atoms with van der Waals surface area (Å²) in [4.78, 5) is 0. The third kappa shape index (κ3) is 2.31. The second-order valence-electron chi connectivity index (χ2n) is 3.02. The van der Waals surface area contributed by atoms with Gasteiger partial charge < -0.3 is 5.32 Å². The third-order valence-electron chi connectivity index (χ3n) is 1.87. The summed E-state index contributed by atoms with van der Waals surface area (Å²) in [6.45, 7) is 3.52. The van der Waals surface area contributed by atoms with Gasteiger partial charge in [0.05, 0.1) is 0 Å². The van der Waals surface area contributed by atoms with E-state index in [1.807, 2.05) is 0 Å². The molecule has 2 heteroatoms. The summed E-state index contributed by atoms with van der Waals surface area (Å²) in [6.07, 6.45) is 2.38. The predicted molar refractivity (Wildman–Crippen MR) is 36.2 cm³/mol. The lowest BCUT2D eigenvalue weighted by atomic mass is 10.0. The minimum Gasteiger partial charge on any atom is -0.317 e. The smallest absolute Gasteiger partial charge is 0.109 e. The summed E-state index contributed by atoms with van der Waals surface area (Å²) in [7, 11) is 0. The normalized spacial score (nSPS) is 38.0. The summed E-state index contributed by atoms with van der Waals surface area (Å²) < 4.78 is 13.1. The van der Waals surface area contributed by atoms with Crippen LogP contribution in [0.3, 0.4) is 0 Å². The zero-order valence-corrected chi connectivity index (χ0v) is 5.91. The quantitative estimate of drug-likeness (QED) is 0.525. The Balaban J connectivity index is 2.36. The van der Waals surface area contributed by atoms with E-state index in [2.05, 4.69) is 5.32 Å². The molecule has 1 nitrogen and oxygen atoms in total. The maximum Gasteiger partial charge on any atom is 0.109 e. The molecule has 0 radical (unpaired) electrons. The van der Waals surface area contributed by atoms with Crippen molar-refractivity contribution in [2.75, 3.05) is 13.1 Å². The monoisotopic (exact) mass is 131 g/mol. The van der Waals surface area contributed by atoms with Crippen molar-refractivity contribution in [3.63, 3.8) is 0 Å². The van der Waals surface area contributed by atoms with E-state index in [1.54, 1.807) is 6.92 Å². The molecule has 0 aromatic rings. The van der Waals surface area contributed by atoms with Gasteiger partial charge in [0.2, 0.25) is 0 Å². The molecule has 1 atom stereocenters. The highest BCUT2D eigenvalue weighted by Crippen LogP contribution is 2.22. The fourth-order valence-electron chi connectivity index (χ4n) is 1.18. The second-order valence-corrected chi connectivity index (χ2v) is 3.02. The van der Waals surface area contributed by atoms with Crippen LogP contribution in [-0.2, 0) is 0 Å². The van der Waals surface area contributed by atoms with Crippen molar-refractivity contribution in [2.45, 2.75) is 31.9 Å². The van der Waals surface area contributed by atoms with E-state index in [9.17, 15) is 4.39 Å². The van der Waals surface area contributed by atoms with Gasteiger partial charge in [0.15, 0.2) is 0 Å². The van der Waals surface area contributed by atoms with Crippen LogP contribution in [0.2, 0.25) is 0 Å². The molecular formula is C7H14FN. The Hall–Kier alpha value is -0.110. The SMILES string of the molecule is C[C@]1(F)CCCNCC1. The van der Waals surface area contributed by atoms with Gasteiger partial charge in [-0.25, -0.2) is 4.39 Å². The highest BCUT2D eigenvalue weighted by molar-refractivity contribution is 4.77. The maximum atomic E-state index is 13.1. The molecule has 1 N–H and O–H groups in total. The number of nitrogens with one attached hydrogen (secondary N) is 1. The van der Waals surface area contributed by atoms with Gasteiger partial charge in [0.25, 0.3) is 0 Å². The van der Waals surface area contributed by atoms with E-state index < -0.39 is 5.67 Å². The molecular weight excluding hydrogens is 117 g/mol. The summed E-state index contributed by atoms with van der Waals surface area (Å²) in [6, 6.07) is 0. The minimum atomic E-state index is -0.899. The van der Waals surface area contributed by atoms with Gasteiger partial charge in [-0.15, -0.1) is 0 Å². The molecule has 1 aliphatic heterocycles. The topological polar surface area (TPSA) is 12.0 Å². The van der Waals surface area contributed by atoms with Crippen molar-refractivity contribution >= 4 is 0 Å². The van der Waals surface area contributed by atoms with Gasteiger partial charge in [-0.3, -0.25) is 0 Å². The van der Waals surface area contributed by atoms with Crippen molar-refractivity contribution in [2.24, 2.45) is 0 Å². The molecule has 1 heterocycles. The fraction of sp³-hybridized carbons (Fsp3) is 1.00. The Morgan fingerprint density at radius 2 is 2.11 bits per heavy atom. The molecule has 0 aliphatic carbocycles. The highest BCUT2D eigenvalue weighted by Gasteiger charge is 2.23. The standard InChI is InChI=1S/C7H14FN/c1-7(8)3-2-5-9-6-4-7/h9H,2-6H2,1H3/t7-/m0/s1. The Bertz CT molecular complexity index is 80.9. The first-order valence-electron chi connectivity index (χ1n) is 3.60. The fourth-order valence-corrected chi connectivity index (χ4v) is 1.18. The number of hydrogen-bond acceptors (Lipinski definition) is 1. The molecule has 54 valence electrons. The molecule has 1 fully saturated rings. The summed E-state index contributed by atoms with van der Waals surface area (Å²) in [5.41, 5.74) is -0.899. The van der Waals surface area contributed by atoms with E-state index in [0.717, 1.165) is 25.9 Å². The Morgan fingerprint density at radius 3 is 2.89 bits per heavy atom. The average molecular weight is 131 g/mol. The zero-order valence-electron chi connectivity index (χ0n) is 5.91. The second kappa shape index (κ2) is 2.65. The van der Waals surface area contributed by atoms with Crippen molar-refractivity contribution in [3.8, 4) is 0 Å². The molecule has 1 aliphatic rings. The van der Waals surface area contributed by atoms with Crippen LogP contribution in [-0.4, -0.2) is 18.8 Å². The van der Waals surface area contributed by atoms with E-state index >= 15 is 0 Å². The molecule has 0 unspecified atom stereocenters. The molecule has 0 saturated carbocycles. The van der Waals surface area contributed by atoms with Gasteiger partial charge in [-0.1, -0.05) is 0 Å². The van der Waals surface area contributed by atoms with Gasteiger partial charge in [0, 0.05) is 0 Å². The lowest BCUT2D eigenvalue weighted by Crippen LogP contribution is -2.20. The van der Waals surface area contributed by atoms with E-state index in [4.69, 9.17) is 0 Å². The largest absolute Gasteiger partial charge is 0.317 e. The molecule has 0 bridgehead atoms. The maximum absolute atomic E-state index is 13.1. The van der Waals surface area contributed by atoms with Crippen molar-refractivity contribution in [1.29, 1.82) is 0 Å². The highest BCUT2D eigenvalue weighted by atomic mass is 19.1. The molecule has 9 heavy (non-hydrogen) atoms. The molecule has 0 spiro atoms. The summed E-state index contributed by atoms with van der Waals surface area (Å²) in [5, 5.41) is 3.16. The first kappa shape index (κ1) is 7.00. The van der Waals surface area contributed by atoms with Crippen LogP contribution >= 0.6 is 0 Å². The van der Waals surface area contributed by atoms with Crippen LogP contribution in [0.25, 0.3) is 0 Å². The van der Waals surface area contributed by atoms with E-state index in [1.165, 1.54) is 0 Å². The van der Waals surface area contributed by atoms with Crippen LogP contribution in [0.5, 0.6) is 0 Å². The molecule has 0 aromatic heterocycles. The van der Waals surface area contributed by atoms with Gasteiger partial charge in [-0.2, -0.15) is 0 Å². The zero-order chi connectivity index (χ0) is 6.74. The van der Waals surface area contributed by atoms with Crippen LogP contribution in [0.4, 0.5) is 4.39 Å². The van der Waals surface area contributed by atoms with Crippen molar-refractivity contribution in [1.82, 2.24) is 5.32 Å². The number of alkyl halides is 1. The minimum absolute atomic E-state index is 0.674. The molecule has 1 rings (SSSR count). The number of rotatable bonds is 0. The third-order valence-corrected chi connectivity index (χ3v) is 1.87. The van der Waals surface area contributed by atoms with Gasteiger partial charge >= 0.3 is 0 Å². The van der Waals surface area contributed by atoms with Crippen LogP contribution in [0.1, 0.15) is 26.2 Å². The lowest BCUT2D eigenvalue weighted by molar-refractivity contribution is 0.170. The first-order chi connectivity index (χ1) is 4.21. The summed E-state index contributed by atoms with van der Waals surface area (Å²) >= 11 is 0. The number of hydrogen-bond donors (Lipinski definition) is 1. The van der Waals surface area contributed by atoms with Crippen LogP contribution in [0.15, 0.2) is 0 Å². The Labute approximate surface area is 55.6 Å². The van der Waals surface area contributed by atoms with Crippen molar-refractivity contribution < 1.29 is 4.39 Å². The molecule has 0 amide bonds. The number of halogens is 1. The van der Waals surface area contributed by atoms with E-state index in [-0.39, 0.29) is 0 Å². The first-order valence-corrected chi connectivity index (χ1v) is 3.60. The average Bonchev–Trinajstić information content (AvgIpc) is 1.92. The van der Waals surface area contributed by atoms with E-state index in [0.29, 0.717) is 6.42 Å². The van der Waals surface area contributed by atoms with Gasteiger partial charge in [0.1, 0.15) is 5.67 Å².